The van der Waals surface area contributed by atoms with Gasteiger partial charge in [0, 0.05) is 31.3 Å². The van der Waals surface area contributed by atoms with E-state index in [4.69, 9.17) is 9.47 Å². The fourth-order valence-electron chi connectivity index (χ4n) is 7.89. The van der Waals surface area contributed by atoms with Crippen molar-refractivity contribution in [3.05, 3.63) is 59.7 Å². The number of ether oxygens (including phenoxy) is 2. The van der Waals surface area contributed by atoms with Gasteiger partial charge in [0.25, 0.3) is 0 Å². The van der Waals surface area contributed by atoms with Crippen molar-refractivity contribution in [2.45, 2.75) is 141 Å². The molecule has 15 heteroatoms. The van der Waals surface area contributed by atoms with Gasteiger partial charge in [0.1, 0.15) is 18.2 Å². The quantitative estimate of drug-likeness (QED) is 0.0896. The first-order valence-corrected chi connectivity index (χ1v) is 20.4. The molecule has 0 radical (unpaired) electrons. The minimum absolute atomic E-state index is 0. The number of fused-ring (bicyclic) bond motifs is 1. The number of carboxylic acid groups (broad SMARTS) is 2. The van der Waals surface area contributed by atoms with Crippen LogP contribution in [0.3, 0.4) is 0 Å². The Hall–Kier alpha value is -3.11. The number of amides is 1. The van der Waals surface area contributed by atoms with E-state index < -0.39 is 66.9 Å². The van der Waals surface area contributed by atoms with Crippen LogP contribution in [0.25, 0.3) is 0 Å². The van der Waals surface area contributed by atoms with E-state index in [1.165, 1.54) is 4.90 Å². The largest absolute Gasteiger partial charge is 1.00 e. The second-order valence-electron chi connectivity index (χ2n) is 15.6. The molecule has 5 N–H and O–H groups in total. The van der Waals surface area contributed by atoms with E-state index in [9.17, 15) is 49.5 Å². The minimum atomic E-state index is -1.35. The number of esters is 2. The fraction of sp³-hybridized carbons (Fsp3) is 0.651. The Morgan fingerprint density at radius 3 is 2.33 bits per heavy atom. The third-order valence-corrected chi connectivity index (χ3v) is 11.2. The maximum absolute atomic E-state index is 12.7. The second kappa shape index (κ2) is 25.5. The van der Waals surface area contributed by atoms with E-state index in [1.807, 2.05) is 56.3 Å². The Bertz CT molecular complexity index is 1540. The van der Waals surface area contributed by atoms with Gasteiger partial charge in [-0.25, -0.2) is 4.79 Å². The predicted octanol–water partition coefficient (Wildman–Crippen LogP) is -0.286. The summed E-state index contributed by atoms with van der Waals surface area (Å²) in [6.45, 7) is 9.92. The van der Waals surface area contributed by atoms with Gasteiger partial charge in [-0.3, -0.25) is 19.7 Å². The molecule has 318 valence electrons. The van der Waals surface area contributed by atoms with Crippen molar-refractivity contribution in [2.75, 3.05) is 13.2 Å². The first-order valence-electron chi connectivity index (χ1n) is 20.4. The van der Waals surface area contributed by atoms with Gasteiger partial charge in [-0.15, -0.1) is 0 Å². The number of allylic oxidation sites excluding steroid dienone is 2. The summed E-state index contributed by atoms with van der Waals surface area (Å²) in [7, 11) is 0. The van der Waals surface area contributed by atoms with Crippen molar-refractivity contribution in [1.29, 1.82) is 0 Å². The molecule has 0 saturated carbocycles. The van der Waals surface area contributed by atoms with Gasteiger partial charge in [0.15, 0.2) is 0 Å². The van der Waals surface area contributed by atoms with Crippen molar-refractivity contribution < 1.29 is 88.5 Å². The van der Waals surface area contributed by atoms with Gasteiger partial charge >= 0.3 is 47.5 Å². The van der Waals surface area contributed by atoms with Crippen molar-refractivity contribution in [1.82, 2.24) is 10.2 Å². The van der Waals surface area contributed by atoms with Gasteiger partial charge in [-0.05, 0) is 88.2 Å². The fourth-order valence-corrected chi connectivity index (χ4v) is 7.89. The van der Waals surface area contributed by atoms with Crippen molar-refractivity contribution >= 4 is 29.8 Å². The zero-order valence-electron chi connectivity index (χ0n) is 35.0. The number of aliphatic hydroxyl groups is 3. The third-order valence-electron chi connectivity index (χ3n) is 11.2. The molecular formula is C43H63N2NaO12. The summed E-state index contributed by atoms with van der Waals surface area (Å²) in [6, 6.07) is 7.69. The van der Waals surface area contributed by atoms with E-state index in [2.05, 4.69) is 18.3 Å². The van der Waals surface area contributed by atoms with Crippen LogP contribution in [-0.2, 0) is 39.9 Å². The predicted molar refractivity (Wildman–Crippen MR) is 209 cm³/mol. The minimum Gasteiger partial charge on any atom is -0.550 e. The van der Waals surface area contributed by atoms with E-state index in [0.717, 1.165) is 11.1 Å². The van der Waals surface area contributed by atoms with Crippen LogP contribution in [0.1, 0.15) is 98.0 Å². The Balaban J connectivity index is 0.000000395. The Morgan fingerprint density at radius 1 is 1.02 bits per heavy atom. The molecule has 1 aromatic carbocycles. The van der Waals surface area contributed by atoms with Gasteiger partial charge in [-0.1, -0.05) is 69.3 Å². The van der Waals surface area contributed by atoms with Crippen LogP contribution in [-0.4, -0.2) is 111 Å². The summed E-state index contributed by atoms with van der Waals surface area (Å²) in [5, 5.41) is 53.2. The average molecular weight is 823 g/mol. The number of likely N-dealkylation sites (tertiary alicyclic amines) is 1. The maximum Gasteiger partial charge on any atom is 1.00 e. The molecule has 1 saturated heterocycles. The molecule has 0 unspecified atom stereocenters. The van der Waals surface area contributed by atoms with E-state index in [-0.39, 0.29) is 78.1 Å². The van der Waals surface area contributed by atoms with Crippen LogP contribution >= 0.6 is 0 Å². The monoisotopic (exact) mass is 822 g/mol. The first-order chi connectivity index (χ1) is 27.1. The molecule has 2 aliphatic carbocycles. The number of nitrogens with one attached hydrogen (secondary N) is 1. The number of aliphatic hydroxyl groups excluding tert-OH is 3. The summed E-state index contributed by atoms with van der Waals surface area (Å²) in [5.41, 5.74) is 2.04. The Morgan fingerprint density at radius 2 is 1.71 bits per heavy atom. The van der Waals surface area contributed by atoms with Crippen LogP contribution in [0.5, 0.6) is 0 Å². The molecule has 1 aromatic rings. The number of carbonyl (C=O) groups excluding carboxylic acids is 4. The second-order valence-corrected chi connectivity index (χ2v) is 15.6. The Labute approximate surface area is 364 Å². The topological polar surface area (TPSA) is 223 Å². The van der Waals surface area contributed by atoms with E-state index >= 15 is 0 Å². The number of aliphatic carboxylic acids is 2. The molecule has 0 aromatic heterocycles. The van der Waals surface area contributed by atoms with Crippen molar-refractivity contribution in [3.8, 4) is 0 Å². The maximum atomic E-state index is 12.7. The number of carboxylic acids is 2. The molecule has 14 nitrogen and oxygen atoms in total. The first kappa shape index (κ1) is 51.0. The summed E-state index contributed by atoms with van der Waals surface area (Å²) < 4.78 is 11.0. The number of hydrogen-bond acceptors (Lipinski definition) is 12. The molecule has 0 spiro atoms. The average Bonchev–Trinajstić information content (AvgIpc) is 3.66. The van der Waals surface area contributed by atoms with Crippen LogP contribution in [0.15, 0.2) is 54.1 Å². The van der Waals surface area contributed by atoms with Crippen LogP contribution < -0.4 is 40.0 Å². The van der Waals surface area contributed by atoms with Gasteiger partial charge in [0.2, 0.25) is 5.91 Å². The van der Waals surface area contributed by atoms with Crippen LogP contribution in [0, 0.1) is 23.7 Å². The molecule has 1 heterocycles. The SMILES string of the molecule is CCOC(=O)[C@H](CCc1ccccc1)N[C@@H](C)C(=O)N1CCC[C@H]1C(=O)O.CC[C@H](C)C(=O)O[C@H]1C[C@H](O)C=C2C=C[C@H](C)[C@H](CC[C@@H](O)C[C@@H](O)CC(=O)[O-])[C@H]21.[Na+]. The molecule has 4 rings (SSSR count). The summed E-state index contributed by atoms with van der Waals surface area (Å²) in [5.74, 6) is -3.29. The number of benzene rings is 1. The molecule has 1 fully saturated rings. The van der Waals surface area contributed by atoms with Crippen LogP contribution in [0.2, 0.25) is 0 Å². The molecule has 1 amide bonds. The summed E-state index contributed by atoms with van der Waals surface area (Å²) in [4.78, 5) is 60.7. The molecular weight excluding hydrogens is 759 g/mol. The number of aryl methyl sites for hydroxylation is 1. The zero-order chi connectivity index (χ0) is 42.2. The van der Waals surface area contributed by atoms with Gasteiger partial charge in [0.05, 0.1) is 36.9 Å². The molecule has 0 bridgehead atoms. The number of hydrogen-bond donors (Lipinski definition) is 5. The van der Waals surface area contributed by atoms with Gasteiger partial charge < -0.3 is 44.7 Å². The molecule has 58 heavy (non-hydrogen) atoms. The molecule has 3 aliphatic rings. The zero-order valence-corrected chi connectivity index (χ0v) is 37.0. The van der Waals surface area contributed by atoms with E-state index in [0.29, 0.717) is 57.9 Å². The smallest absolute Gasteiger partial charge is 0.550 e. The number of rotatable bonds is 19. The summed E-state index contributed by atoms with van der Waals surface area (Å²) in [6.07, 6.45) is 6.60. The van der Waals surface area contributed by atoms with Crippen molar-refractivity contribution in [3.63, 3.8) is 0 Å². The normalized spacial score (nSPS) is 24.9. The van der Waals surface area contributed by atoms with Crippen molar-refractivity contribution in [2.24, 2.45) is 23.7 Å². The van der Waals surface area contributed by atoms with E-state index in [1.54, 1.807) is 13.8 Å². The standard InChI is InChI=1S/C23H36O7.C20H28N2O5.Na/c1-4-13(2)23(29)30-20-11-17(25)9-15-6-5-14(3)19(22(15)20)8-7-16(24)10-18(26)12-21(27)28;1-3-27-20(26)16(12-11-15-8-5-4-6-9-15)21-14(2)18(23)22-13-7-10-17(22)19(24)25;/h5-6,9,13-14,16-20,22,24-26H,4,7-8,10-12H2,1-3H3,(H,27,28);4-6,8-9,14,16-17,21H,3,7,10-13H2,1-2H3,(H,24,25);/q;;+1/p-1/t13-,14-,16+,17+,18+,19-,20-,22-;14-,16-,17-;/m00./s1. The Kier molecular flexibility index (Phi) is 22.4. The number of nitrogens with zero attached hydrogens (tertiary/aromatic N) is 1. The van der Waals surface area contributed by atoms with Crippen LogP contribution in [0.4, 0.5) is 0 Å². The molecule has 1 aliphatic heterocycles. The third kappa shape index (κ3) is 15.8. The van der Waals surface area contributed by atoms with Gasteiger partial charge in [-0.2, -0.15) is 0 Å². The summed E-state index contributed by atoms with van der Waals surface area (Å²) >= 11 is 0. The molecule has 11 atom stereocenters. The number of carbonyl (C=O) groups is 5.